The highest BCUT2D eigenvalue weighted by Gasteiger charge is 1.96. The van der Waals surface area contributed by atoms with Crippen LogP contribution in [0.4, 0.5) is 0 Å². The van der Waals surface area contributed by atoms with E-state index in [4.69, 9.17) is 0 Å². The monoisotopic (exact) mass is 146 g/mol. The third-order valence-electron chi connectivity index (χ3n) is 0.833. The Morgan fingerprint density at radius 3 is 2.70 bits per heavy atom. The van der Waals surface area contributed by atoms with E-state index in [1.807, 2.05) is 0 Å². The molecule has 4 nitrogen and oxygen atoms in total. The lowest BCUT2D eigenvalue weighted by Gasteiger charge is -1.98. The molecule has 0 radical (unpaired) electrons. The van der Waals surface area contributed by atoms with Gasteiger partial charge in [0, 0.05) is 20.1 Å². The van der Waals surface area contributed by atoms with Gasteiger partial charge in [-0.05, 0) is 0 Å². The molecule has 0 fully saturated rings. The average molecular weight is 146 g/mol. The maximum absolute atomic E-state index is 10.1. The molecule has 0 aliphatic heterocycles. The molecule has 0 bridgehead atoms. The van der Waals surface area contributed by atoms with E-state index in [-0.39, 0.29) is 12.9 Å². The van der Waals surface area contributed by atoms with Crippen molar-refractivity contribution in [2.24, 2.45) is 0 Å². The van der Waals surface area contributed by atoms with Crippen molar-refractivity contribution in [3.8, 4) is 0 Å². The predicted octanol–water partition coefficient (Wildman–Crippen LogP) is -0.235. The van der Waals surface area contributed by atoms with Gasteiger partial charge in [0.15, 0.2) is 0 Å². The maximum atomic E-state index is 10.1. The summed E-state index contributed by atoms with van der Waals surface area (Å²) in [7, 11) is 1.56. The van der Waals surface area contributed by atoms with Gasteiger partial charge in [-0.3, -0.25) is 4.79 Å². The Morgan fingerprint density at radius 1 is 1.50 bits per heavy atom. The van der Waals surface area contributed by atoms with E-state index in [1.165, 1.54) is 0 Å². The fourth-order valence-corrected chi connectivity index (χ4v) is 0.410. The molecule has 0 saturated heterocycles. The van der Waals surface area contributed by atoms with Crippen molar-refractivity contribution < 1.29 is 19.1 Å². The lowest BCUT2D eigenvalue weighted by atomic mass is 10.5. The number of esters is 1. The van der Waals surface area contributed by atoms with E-state index in [9.17, 15) is 9.59 Å². The van der Waals surface area contributed by atoms with Crippen LogP contribution in [-0.2, 0) is 19.1 Å². The number of methoxy groups -OCH3 is 1. The number of rotatable bonds is 5. The molecule has 0 rings (SSSR count). The highest BCUT2D eigenvalue weighted by atomic mass is 16.5. The largest absolute Gasteiger partial charge is 0.460 e. The van der Waals surface area contributed by atoms with Crippen molar-refractivity contribution in [2.75, 3.05) is 20.3 Å². The number of carbonyl (C=O) groups excluding carboxylic acids is 2. The molecule has 0 aromatic rings. The summed E-state index contributed by atoms with van der Waals surface area (Å²) in [6, 6.07) is 0. The van der Waals surface area contributed by atoms with Gasteiger partial charge in [0.2, 0.25) is 6.29 Å². The minimum absolute atomic E-state index is 0.146. The molecule has 4 heteroatoms. The van der Waals surface area contributed by atoms with Crippen LogP contribution < -0.4 is 0 Å². The summed E-state index contributed by atoms with van der Waals surface area (Å²) in [4.78, 5) is 19.8. The second kappa shape index (κ2) is 6.22. The number of hydrogen-bond donors (Lipinski definition) is 0. The van der Waals surface area contributed by atoms with Crippen LogP contribution in [0.2, 0.25) is 0 Å². The van der Waals surface area contributed by atoms with Crippen LogP contribution in [-0.4, -0.2) is 32.6 Å². The Hall–Kier alpha value is -0.900. The quantitative estimate of drug-likeness (QED) is 0.232. The van der Waals surface area contributed by atoms with Crippen LogP contribution in [0.3, 0.4) is 0 Å². The Bertz CT molecular complexity index is 110. The first-order valence-corrected chi connectivity index (χ1v) is 2.92. The van der Waals surface area contributed by atoms with Crippen molar-refractivity contribution >= 4 is 12.3 Å². The van der Waals surface area contributed by atoms with E-state index >= 15 is 0 Å². The molecule has 0 aliphatic rings. The van der Waals surface area contributed by atoms with E-state index in [0.29, 0.717) is 13.0 Å². The van der Waals surface area contributed by atoms with Gasteiger partial charge in [0.25, 0.3) is 0 Å². The normalized spacial score (nSPS) is 8.90. The first kappa shape index (κ1) is 9.10. The third-order valence-corrected chi connectivity index (χ3v) is 0.833. The molecule has 0 aliphatic carbocycles. The predicted molar refractivity (Wildman–Crippen MR) is 33.5 cm³/mol. The molecule has 0 atom stereocenters. The Labute approximate surface area is 59.1 Å². The molecule has 0 unspecified atom stereocenters. The molecule has 58 valence electrons. The van der Waals surface area contributed by atoms with Gasteiger partial charge in [0.05, 0.1) is 6.61 Å². The van der Waals surface area contributed by atoms with E-state index < -0.39 is 5.97 Å². The minimum atomic E-state index is -0.823. The lowest BCUT2D eigenvalue weighted by molar-refractivity contribution is -0.148. The second-order valence-electron chi connectivity index (χ2n) is 1.63. The molecular formula is C6H10O4. The van der Waals surface area contributed by atoms with Crippen LogP contribution in [0.1, 0.15) is 6.42 Å². The van der Waals surface area contributed by atoms with Crippen molar-refractivity contribution in [3.63, 3.8) is 0 Å². The van der Waals surface area contributed by atoms with Crippen LogP contribution in [0, 0.1) is 0 Å². The molecule has 0 aromatic heterocycles. The lowest BCUT2D eigenvalue weighted by Crippen LogP contribution is -2.07. The molecule has 0 N–H and O–H groups in total. The van der Waals surface area contributed by atoms with E-state index in [1.54, 1.807) is 7.11 Å². The summed E-state index contributed by atoms with van der Waals surface area (Å²) in [6.45, 7) is 0.775. The standard InChI is InChI=1S/C6H10O4/c1-9-3-2-4-10-6(8)5-7/h5H,2-4H2,1H3. The Kier molecular flexibility index (Phi) is 5.66. The summed E-state index contributed by atoms with van der Waals surface area (Å²) in [6.07, 6.45) is 0.767. The first-order valence-electron chi connectivity index (χ1n) is 2.92. The topological polar surface area (TPSA) is 52.6 Å². The fraction of sp³-hybridized carbons (Fsp3) is 0.667. The molecule has 10 heavy (non-hydrogen) atoms. The van der Waals surface area contributed by atoms with Gasteiger partial charge in [-0.15, -0.1) is 0 Å². The second-order valence-corrected chi connectivity index (χ2v) is 1.63. The zero-order valence-electron chi connectivity index (χ0n) is 5.83. The van der Waals surface area contributed by atoms with Crippen LogP contribution in [0.25, 0.3) is 0 Å². The Morgan fingerprint density at radius 2 is 2.20 bits per heavy atom. The van der Waals surface area contributed by atoms with Gasteiger partial charge < -0.3 is 9.47 Å². The van der Waals surface area contributed by atoms with E-state index in [2.05, 4.69) is 9.47 Å². The zero-order valence-corrected chi connectivity index (χ0v) is 5.83. The van der Waals surface area contributed by atoms with Crippen molar-refractivity contribution in [1.29, 1.82) is 0 Å². The minimum Gasteiger partial charge on any atom is -0.460 e. The smallest absolute Gasteiger partial charge is 0.371 e. The van der Waals surface area contributed by atoms with Crippen LogP contribution in [0.5, 0.6) is 0 Å². The van der Waals surface area contributed by atoms with Crippen molar-refractivity contribution in [1.82, 2.24) is 0 Å². The maximum Gasteiger partial charge on any atom is 0.371 e. The molecule has 0 amide bonds. The molecule has 0 spiro atoms. The van der Waals surface area contributed by atoms with Gasteiger partial charge in [-0.1, -0.05) is 0 Å². The highest BCUT2D eigenvalue weighted by molar-refractivity contribution is 6.20. The number of aldehydes is 1. The van der Waals surface area contributed by atoms with Gasteiger partial charge in [-0.25, -0.2) is 4.79 Å². The third kappa shape index (κ3) is 5.24. The van der Waals surface area contributed by atoms with E-state index in [0.717, 1.165) is 0 Å². The molecule has 0 saturated carbocycles. The summed E-state index contributed by atoms with van der Waals surface area (Å²) in [5.74, 6) is -0.823. The number of hydrogen-bond acceptors (Lipinski definition) is 4. The summed E-state index contributed by atoms with van der Waals surface area (Å²) >= 11 is 0. The fourth-order valence-electron chi connectivity index (χ4n) is 0.410. The summed E-state index contributed by atoms with van der Waals surface area (Å²) < 4.78 is 9.08. The number of ether oxygens (including phenoxy) is 2. The average Bonchev–Trinajstić information content (AvgIpc) is 1.98. The number of carbonyl (C=O) groups is 2. The summed E-state index contributed by atoms with van der Waals surface area (Å²) in [5, 5.41) is 0. The Balaban J connectivity index is 3.03. The molecule has 0 aromatic carbocycles. The van der Waals surface area contributed by atoms with Gasteiger partial charge in [0.1, 0.15) is 0 Å². The van der Waals surface area contributed by atoms with Gasteiger partial charge >= 0.3 is 5.97 Å². The van der Waals surface area contributed by atoms with Crippen molar-refractivity contribution in [3.05, 3.63) is 0 Å². The zero-order chi connectivity index (χ0) is 7.82. The summed E-state index contributed by atoms with van der Waals surface area (Å²) in [5.41, 5.74) is 0. The van der Waals surface area contributed by atoms with Crippen molar-refractivity contribution in [2.45, 2.75) is 6.42 Å². The SMILES string of the molecule is COCCCOC(=O)C=O. The molecular weight excluding hydrogens is 136 g/mol. The molecule has 0 heterocycles. The first-order chi connectivity index (χ1) is 4.81. The van der Waals surface area contributed by atoms with Crippen LogP contribution in [0.15, 0.2) is 0 Å². The van der Waals surface area contributed by atoms with Gasteiger partial charge in [-0.2, -0.15) is 0 Å². The van der Waals surface area contributed by atoms with Crippen LogP contribution >= 0.6 is 0 Å². The highest BCUT2D eigenvalue weighted by Crippen LogP contribution is 1.82.